The average Bonchev–Trinajstić information content (AvgIpc) is 2.86. The predicted octanol–water partition coefficient (Wildman–Crippen LogP) is 2.47. The Bertz CT molecular complexity index is 938. The van der Waals surface area contributed by atoms with E-state index < -0.39 is 16.1 Å². The van der Waals surface area contributed by atoms with Crippen LogP contribution >= 0.6 is 11.8 Å². The first-order valence-corrected chi connectivity index (χ1v) is 10.3. The van der Waals surface area contributed by atoms with Gasteiger partial charge in [0.2, 0.25) is 5.91 Å². The maximum Gasteiger partial charge on any atom is 0.263 e. The Morgan fingerprint density at radius 3 is 2.52 bits per heavy atom. The molecule has 0 fully saturated rings. The largest absolute Gasteiger partial charge is 0.324 e. The summed E-state index contributed by atoms with van der Waals surface area (Å²) < 4.78 is 26.5. The second kappa shape index (κ2) is 6.89. The molecule has 0 saturated heterocycles. The van der Waals surface area contributed by atoms with Gasteiger partial charge in [-0.3, -0.25) is 14.5 Å². The smallest absolute Gasteiger partial charge is 0.263 e. The number of nitrogens with zero attached hydrogens (tertiary/aromatic N) is 1. The molecule has 0 radical (unpaired) electrons. The highest BCUT2D eigenvalue weighted by atomic mass is 32.2. The third kappa shape index (κ3) is 3.69. The average molecular weight is 375 g/mol. The molecular formula is C17H17N3O3S2. The summed E-state index contributed by atoms with van der Waals surface area (Å²) >= 11 is 1.62. The minimum atomic E-state index is -3.61. The number of carbonyl (C=O) groups is 1. The van der Waals surface area contributed by atoms with Gasteiger partial charge in [0.25, 0.3) is 10.0 Å². The van der Waals surface area contributed by atoms with Crippen molar-refractivity contribution in [1.29, 1.82) is 0 Å². The van der Waals surface area contributed by atoms with Crippen molar-refractivity contribution < 1.29 is 13.2 Å². The van der Waals surface area contributed by atoms with Crippen molar-refractivity contribution >= 4 is 39.2 Å². The van der Waals surface area contributed by atoms with Gasteiger partial charge in [-0.1, -0.05) is 12.1 Å². The summed E-state index contributed by atoms with van der Waals surface area (Å²) in [6.07, 6.45) is 1.98. The Labute approximate surface area is 150 Å². The lowest BCUT2D eigenvalue weighted by Crippen LogP contribution is -2.28. The molecule has 2 N–H and O–H groups in total. The van der Waals surface area contributed by atoms with Gasteiger partial charge in [0.1, 0.15) is 11.9 Å². The SMILES string of the molecule is CSc1ccc(NC(=O)[C@H](C)N=C2NS(=O)(=O)c3ccccc32)cc1. The topological polar surface area (TPSA) is 87.6 Å². The van der Waals surface area contributed by atoms with E-state index in [2.05, 4.69) is 15.0 Å². The standard InChI is InChI=1S/C17H17N3O3S2/c1-11(17(21)19-12-7-9-13(24-2)10-8-12)18-16-14-5-3-4-6-15(14)25(22,23)20-16/h3-11H,1-2H3,(H,18,20)(H,19,21)/t11-/m0/s1. The fraction of sp³-hybridized carbons (Fsp3) is 0.176. The van der Waals surface area contributed by atoms with Gasteiger partial charge >= 0.3 is 0 Å². The molecule has 6 nitrogen and oxygen atoms in total. The first-order chi connectivity index (χ1) is 11.9. The van der Waals surface area contributed by atoms with Gasteiger partial charge in [-0.2, -0.15) is 0 Å². The summed E-state index contributed by atoms with van der Waals surface area (Å²) in [6.45, 7) is 1.62. The highest BCUT2D eigenvalue weighted by Gasteiger charge is 2.31. The fourth-order valence-electron chi connectivity index (χ4n) is 2.40. The van der Waals surface area contributed by atoms with E-state index in [9.17, 15) is 13.2 Å². The Hall–Kier alpha value is -2.32. The zero-order chi connectivity index (χ0) is 18.0. The van der Waals surface area contributed by atoms with E-state index in [1.807, 2.05) is 30.5 Å². The van der Waals surface area contributed by atoms with Crippen LogP contribution in [0.3, 0.4) is 0 Å². The highest BCUT2D eigenvalue weighted by Crippen LogP contribution is 2.23. The molecular weight excluding hydrogens is 358 g/mol. The van der Waals surface area contributed by atoms with Gasteiger partial charge in [0, 0.05) is 16.1 Å². The van der Waals surface area contributed by atoms with Crippen molar-refractivity contribution in [1.82, 2.24) is 4.72 Å². The zero-order valence-electron chi connectivity index (χ0n) is 13.7. The lowest BCUT2D eigenvalue weighted by molar-refractivity contribution is -0.117. The lowest BCUT2D eigenvalue weighted by atomic mass is 10.2. The number of amidine groups is 1. The Balaban J connectivity index is 1.78. The van der Waals surface area contributed by atoms with Crippen LogP contribution in [-0.2, 0) is 14.8 Å². The zero-order valence-corrected chi connectivity index (χ0v) is 15.3. The molecule has 1 aliphatic heterocycles. The number of nitrogens with one attached hydrogen (secondary N) is 2. The third-order valence-corrected chi connectivity index (χ3v) is 5.86. The first kappa shape index (κ1) is 17.5. The maximum absolute atomic E-state index is 12.3. The van der Waals surface area contributed by atoms with Crippen LogP contribution in [0.5, 0.6) is 0 Å². The molecule has 0 bridgehead atoms. The Morgan fingerprint density at radius 1 is 1.16 bits per heavy atom. The quantitative estimate of drug-likeness (QED) is 0.804. The molecule has 2 aromatic rings. The van der Waals surface area contributed by atoms with Gasteiger partial charge < -0.3 is 5.32 Å². The van der Waals surface area contributed by atoms with Gasteiger partial charge in [0.15, 0.2) is 0 Å². The minimum absolute atomic E-state index is 0.175. The predicted molar refractivity (Wildman–Crippen MR) is 99.6 cm³/mol. The van der Waals surface area contributed by atoms with E-state index in [0.29, 0.717) is 11.3 Å². The van der Waals surface area contributed by atoms with Crippen molar-refractivity contribution in [2.75, 3.05) is 11.6 Å². The number of sulfonamides is 1. The summed E-state index contributed by atoms with van der Waals surface area (Å²) in [5.74, 6) is -0.121. The molecule has 0 unspecified atom stereocenters. The fourth-order valence-corrected chi connectivity index (χ4v) is 4.05. The molecule has 3 rings (SSSR count). The molecule has 0 spiro atoms. The van der Waals surface area contributed by atoms with E-state index in [4.69, 9.17) is 0 Å². The molecule has 2 aromatic carbocycles. The number of fused-ring (bicyclic) bond motifs is 1. The first-order valence-electron chi connectivity index (χ1n) is 7.55. The number of anilines is 1. The van der Waals surface area contributed by atoms with E-state index in [0.717, 1.165) is 4.90 Å². The Morgan fingerprint density at radius 2 is 1.84 bits per heavy atom. The molecule has 1 amide bonds. The van der Waals surface area contributed by atoms with Crippen molar-refractivity contribution in [3.8, 4) is 0 Å². The van der Waals surface area contributed by atoms with E-state index >= 15 is 0 Å². The van der Waals surface area contributed by atoms with Crippen LogP contribution < -0.4 is 10.0 Å². The van der Waals surface area contributed by atoms with Gasteiger partial charge in [-0.15, -0.1) is 11.8 Å². The molecule has 1 atom stereocenters. The lowest BCUT2D eigenvalue weighted by Gasteiger charge is -2.10. The van der Waals surface area contributed by atoms with Crippen LogP contribution in [0.1, 0.15) is 12.5 Å². The summed E-state index contributed by atoms with van der Waals surface area (Å²) in [5.41, 5.74) is 1.15. The number of hydrogen-bond donors (Lipinski definition) is 2. The second-order valence-corrected chi connectivity index (χ2v) is 8.00. The highest BCUT2D eigenvalue weighted by molar-refractivity contribution is 7.98. The summed E-state index contributed by atoms with van der Waals surface area (Å²) in [4.78, 5) is 17.9. The van der Waals surface area contributed by atoms with Crippen molar-refractivity contribution in [3.63, 3.8) is 0 Å². The van der Waals surface area contributed by atoms with Gasteiger partial charge in [-0.05, 0) is 49.6 Å². The van der Waals surface area contributed by atoms with E-state index in [1.165, 1.54) is 6.07 Å². The van der Waals surface area contributed by atoms with Gasteiger partial charge in [-0.25, -0.2) is 8.42 Å². The van der Waals surface area contributed by atoms with Crippen LogP contribution in [-0.4, -0.2) is 32.5 Å². The number of thioether (sulfide) groups is 1. The van der Waals surface area contributed by atoms with Gasteiger partial charge in [0.05, 0.1) is 4.90 Å². The number of rotatable bonds is 4. The molecule has 25 heavy (non-hydrogen) atoms. The van der Waals surface area contributed by atoms with Crippen LogP contribution in [0.4, 0.5) is 5.69 Å². The number of carbonyl (C=O) groups excluding carboxylic acids is 1. The molecule has 8 heteroatoms. The molecule has 1 aliphatic rings. The molecule has 1 heterocycles. The van der Waals surface area contributed by atoms with Crippen molar-refractivity contribution in [3.05, 3.63) is 54.1 Å². The summed E-state index contributed by atoms with van der Waals surface area (Å²) in [6, 6.07) is 13.3. The number of benzene rings is 2. The monoisotopic (exact) mass is 375 g/mol. The number of aliphatic imine (C=N–C) groups is 1. The normalized spacial score (nSPS) is 17.6. The van der Waals surface area contributed by atoms with E-state index in [-0.39, 0.29) is 16.6 Å². The summed E-state index contributed by atoms with van der Waals surface area (Å²) in [7, 11) is -3.61. The number of hydrogen-bond acceptors (Lipinski definition) is 5. The van der Waals surface area contributed by atoms with Crippen molar-refractivity contribution in [2.24, 2.45) is 4.99 Å². The minimum Gasteiger partial charge on any atom is -0.324 e. The maximum atomic E-state index is 12.3. The van der Waals surface area contributed by atoms with E-state index in [1.54, 1.807) is 36.9 Å². The Kier molecular flexibility index (Phi) is 4.82. The molecule has 0 saturated carbocycles. The molecule has 0 aromatic heterocycles. The molecule has 0 aliphatic carbocycles. The molecule has 130 valence electrons. The van der Waals surface area contributed by atoms with Crippen LogP contribution in [0, 0.1) is 0 Å². The third-order valence-electron chi connectivity index (χ3n) is 3.72. The van der Waals surface area contributed by atoms with Crippen molar-refractivity contribution in [2.45, 2.75) is 22.8 Å². The summed E-state index contributed by atoms with van der Waals surface area (Å²) in [5, 5.41) is 2.78. The number of amides is 1. The second-order valence-electron chi connectivity index (χ2n) is 5.47. The van der Waals surface area contributed by atoms with Crippen LogP contribution in [0.25, 0.3) is 0 Å². The van der Waals surface area contributed by atoms with Crippen LogP contribution in [0.2, 0.25) is 0 Å². The van der Waals surface area contributed by atoms with Crippen LogP contribution in [0.15, 0.2) is 63.3 Å².